The van der Waals surface area contributed by atoms with Crippen molar-refractivity contribution in [1.82, 2.24) is 4.90 Å². The maximum Gasteiger partial charge on any atom is 0.101 e. The summed E-state index contributed by atoms with van der Waals surface area (Å²) in [5.41, 5.74) is 2.59. The van der Waals surface area contributed by atoms with Crippen molar-refractivity contribution in [3.63, 3.8) is 0 Å². The van der Waals surface area contributed by atoms with Crippen LogP contribution >= 0.6 is 11.3 Å². The Balaban J connectivity index is 0.000000704. The molecule has 2 nitrogen and oxygen atoms in total. The first-order chi connectivity index (χ1) is 9.75. The van der Waals surface area contributed by atoms with E-state index in [9.17, 15) is 5.11 Å². The van der Waals surface area contributed by atoms with Gasteiger partial charge in [0.25, 0.3) is 0 Å². The number of benzene rings is 1. The molecule has 1 aromatic heterocycles. The summed E-state index contributed by atoms with van der Waals surface area (Å²) < 4.78 is 0. The van der Waals surface area contributed by atoms with Gasteiger partial charge in [0.2, 0.25) is 0 Å². The highest BCUT2D eigenvalue weighted by atomic mass is 32.1. The lowest BCUT2D eigenvalue weighted by atomic mass is 10.0. The molecule has 2 heterocycles. The van der Waals surface area contributed by atoms with E-state index in [4.69, 9.17) is 0 Å². The fourth-order valence-electron chi connectivity index (χ4n) is 2.60. The van der Waals surface area contributed by atoms with Gasteiger partial charge < -0.3 is 5.11 Å². The molecule has 2 atom stereocenters. The summed E-state index contributed by atoms with van der Waals surface area (Å²) in [6.45, 7) is 7.87. The van der Waals surface area contributed by atoms with Crippen LogP contribution in [0.2, 0.25) is 0 Å². The molecule has 0 radical (unpaired) electrons. The predicted molar refractivity (Wildman–Crippen MR) is 85.9 cm³/mol. The molecule has 0 bridgehead atoms. The van der Waals surface area contributed by atoms with Crippen LogP contribution in [0.4, 0.5) is 0 Å². The van der Waals surface area contributed by atoms with E-state index < -0.39 is 0 Å². The maximum absolute atomic E-state index is 10.2. The number of rotatable bonds is 2. The lowest BCUT2D eigenvalue weighted by Gasteiger charge is -2.35. The van der Waals surface area contributed by atoms with Gasteiger partial charge in [-0.25, -0.2) is 0 Å². The van der Waals surface area contributed by atoms with E-state index in [0.717, 1.165) is 18.0 Å². The van der Waals surface area contributed by atoms with Gasteiger partial charge in [-0.05, 0) is 29.5 Å². The van der Waals surface area contributed by atoms with Crippen molar-refractivity contribution in [2.45, 2.75) is 39.5 Å². The van der Waals surface area contributed by atoms with Crippen molar-refractivity contribution in [3.05, 3.63) is 57.8 Å². The molecule has 1 aromatic carbocycles. The van der Waals surface area contributed by atoms with Crippen LogP contribution in [-0.2, 0) is 6.54 Å². The Kier molecular flexibility index (Phi) is 5.35. The molecular formula is C17H23NOS. The van der Waals surface area contributed by atoms with E-state index in [2.05, 4.69) is 47.5 Å². The van der Waals surface area contributed by atoms with Crippen LogP contribution in [0.25, 0.3) is 0 Å². The lowest BCUT2D eigenvalue weighted by molar-refractivity contribution is 0.0726. The number of thiophene rings is 1. The zero-order chi connectivity index (χ0) is 14.5. The number of aliphatic hydroxyl groups is 1. The van der Waals surface area contributed by atoms with Gasteiger partial charge in [-0.3, -0.25) is 4.90 Å². The molecule has 1 N–H and O–H groups in total. The normalized spacial score (nSPS) is 19.7. The molecule has 2 aromatic rings. The highest BCUT2D eigenvalue weighted by Gasteiger charge is 2.27. The van der Waals surface area contributed by atoms with E-state index in [1.165, 1.54) is 11.1 Å². The number of hydrogen-bond acceptors (Lipinski definition) is 3. The maximum atomic E-state index is 10.2. The molecule has 0 aliphatic carbocycles. The number of nitrogens with zero attached hydrogens (tertiary/aromatic N) is 1. The van der Waals surface area contributed by atoms with Crippen molar-refractivity contribution in [3.8, 4) is 0 Å². The Hall–Kier alpha value is -1.16. The number of β-amino-alcohol motifs (C(OH)–C–C–N with tert-alkyl or cyclic N) is 1. The predicted octanol–water partition coefficient (Wildman–Crippen LogP) is 4.38. The third kappa shape index (κ3) is 3.11. The van der Waals surface area contributed by atoms with Gasteiger partial charge in [0, 0.05) is 24.0 Å². The summed E-state index contributed by atoms with van der Waals surface area (Å²) in [5, 5.41) is 12.3. The Morgan fingerprint density at radius 1 is 1.20 bits per heavy atom. The smallest absolute Gasteiger partial charge is 0.101 e. The van der Waals surface area contributed by atoms with Crippen molar-refractivity contribution < 1.29 is 5.11 Å². The van der Waals surface area contributed by atoms with E-state index in [1.54, 1.807) is 11.3 Å². The Morgan fingerprint density at radius 2 is 1.90 bits per heavy atom. The molecule has 3 rings (SSSR count). The van der Waals surface area contributed by atoms with Crippen molar-refractivity contribution in [1.29, 1.82) is 0 Å². The first-order valence-electron chi connectivity index (χ1n) is 7.29. The summed E-state index contributed by atoms with van der Waals surface area (Å²) in [5.74, 6) is 0. The molecule has 0 fully saturated rings. The topological polar surface area (TPSA) is 23.5 Å². The van der Waals surface area contributed by atoms with Gasteiger partial charge in [-0.15, -0.1) is 11.3 Å². The van der Waals surface area contributed by atoms with Gasteiger partial charge in [0.1, 0.15) is 6.10 Å². The molecule has 0 amide bonds. The number of fused-ring (bicyclic) bond motifs is 1. The van der Waals surface area contributed by atoms with Crippen molar-refractivity contribution in [2.24, 2.45) is 0 Å². The molecule has 2 unspecified atom stereocenters. The average molecular weight is 289 g/mol. The second-order valence-corrected chi connectivity index (χ2v) is 5.79. The van der Waals surface area contributed by atoms with E-state index in [0.29, 0.717) is 6.04 Å². The first kappa shape index (κ1) is 15.2. The van der Waals surface area contributed by atoms with E-state index in [-0.39, 0.29) is 6.10 Å². The zero-order valence-corrected chi connectivity index (χ0v) is 13.2. The van der Waals surface area contributed by atoms with E-state index >= 15 is 0 Å². The summed E-state index contributed by atoms with van der Waals surface area (Å²) >= 11 is 1.67. The molecule has 108 valence electrons. The standard InChI is InChI=1S/C15H17NOS.C2H6/c1-11(12-5-3-2-4-6-12)16-9-13-7-8-18-15(13)14(17)10-16;1-2/h2-8,11,14,17H,9-10H2,1H3;1-2H3. The van der Waals surface area contributed by atoms with Gasteiger partial charge in [-0.1, -0.05) is 44.2 Å². The molecular weight excluding hydrogens is 266 g/mol. The summed E-state index contributed by atoms with van der Waals surface area (Å²) in [7, 11) is 0. The number of hydrogen-bond donors (Lipinski definition) is 1. The molecule has 0 saturated carbocycles. The Labute approximate surface area is 125 Å². The number of aliphatic hydroxyl groups excluding tert-OH is 1. The summed E-state index contributed by atoms with van der Waals surface area (Å²) in [6.07, 6.45) is -0.333. The molecule has 0 spiro atoms. The SMILES string of the molecule is CC.CC(c1ccccc1)N1Cc2ccsc2C(O)C1. The average Bonchev–Trinajstić information content (AvgIpc) is 2.98. The molecule has 1 aliphatic heterocycles. The zero-order valence-electron chi connectivity index (χ0n) is 12.4. The molecule has 0 saturated heterocycles. The van der Waals surface area contributed by atoms with Crippen LogP contribution < -0.4 is 0 Å². The molecule has 3 heteroatoms. The monoisotopic (exact) mass is 289 g/mol. The Morgan fingerprint density at radius 3 is 2.60 bits per heavy atom. The van der Waals surface area contributed by atoms with Gasteiger partial charge in [0.05, 0.1) is 0 Å². The minimum atomic E-state index is -0.333. The second kappa shape index (κ2) is 7.02. The lowest BCUT2D eigenvalue weighted by Crippen LogP contribution is -2.34. The largest absolute Gasteiger partial charge is 0.386 e. The fraction of sp³-hybridized carbons (Fsp3) is 0.412. The van der Waals surface area contributed by atoms with Crippen molar-refractivity contribution in [2.75, 3.05) is 6.54 Å². The minimum Gasteiger partial charge on any atom is -0.386 e. The summed E-state index contributed by atoms with van der Waals surface area (Å²) in [4.78, 5) is 3.49. The van der Waals surface area contributed by atoms with Gasteiger partial charge in [0.15, 0.2) is 0 Å². The van der Waals surface area contributed by atoms with Crippen molar-refractivity contribution >= 4 is 11.3 Å². The fourth-order valence-corrected chi connectivity index (χ4v) is 3.49. The van der Waals surface area contributed by atoms with Crippen LogP contribution in [0, 0.1) is 0 Å². The van der Waals surface area contributed by atoms with Gasteiger partial charge >= 0.3 is 0 Å². The first-order valence-corrected chi connectivity index (χ1v) is 8.17. The highest BCUT2D eigenvalue weighted by molar-refractivity contribution is 7.10. The van der Waals surface area contributed by atoms with E-state index in [1.807, 2.05) is 19.9 Å². The third-order valence-corrected chi connectivity index (χ3v) is 4.75. The third-order valence-electron chi connectivity index (χ3n) is 3.69. The molecule has 20 heavy (non-hydrogen) atoms. The van der Waals surface area contributed by atoms with Crippen LogP contribution in [-0.4, -0.2) is 16.6 Å². The minimum absolute atomic E-state index is 0.333. The van der Waals surface area contributed by atoms with Crippen LogP contribution in [0.3, 0.4) is 0 Å². The molecule has 1 aliphatic rings. The quantitative estimate of drug-likeness (QED) is 0.886. The van der Waals surface area contributed by atoms with Crippen LogP contribution in [0.15, 0.2) is 41.8 Å². The van der Waals surface area contributed by atoms with Crippen LogP contribution in [0.5, 0.6) is 0 Å². The van der Waals surface area contributed by atoms with Gasteiger partial charge in [-0.2, -0.15) is 0 Å². The highest BCUT2D eigenvalue weighted by Crippen LogP contribution is 2.34. The summed E-state index contributed by atoms with van der Waals surface area (Å²) in [6, 6.07) is 13.0. The van der Waals surface area contributed by atoms with Crippen LogP contribution in [0.1, 0.15) is 48.9 Å². The Bertz CT molecular complexity index is 523. The second-order valence-electron chi connectivity index (χ2n) is 4.84.